The summed E-state index contributed by atoms with van der Waals surface area (Å²) in [7, 11) is -3.29. The van der Waals surface area contributed by atoms with Crippen molar-refractivity contribution in [1.82, 2.24) is 19.5 Å². The molecular formula is C14H24N4O3S. The first-order valence-electron chi connectivity index (χ1n) is 7.68. The number of ether oxygens (including phenoxy) is 1. The van der Waals surface area contributed by atoms with Crippen molar-refractivity contribution in [3.63, 3.8) is 0 Å². The Kier molecular flexibility index (Phi) is 3.81. The Morgan fingerprint density at radius 3 is 2.82 bits per heavy atom. The van der Waals surface area contributed by atoms with Crippen molar-refractivity contribution in [2.24, 2.45) is 5.41 Å². The largest absolute Gasteiger partial charge is 0.377 e. The number of hydrogen-bond acceptors (Lipinski definition) is 5. The van der Waals surface area contributed by atoms with Crippen LogP contribution in [0.25, 0.3) is 0 Å². The van der Waals surface area contributed by atoms with Crippen LogP contribution < -0.4 is 4.72 Å². The van der Waals surface area contributed by atoms with E-state index in [9.17, 15) is 8.42 Å². The first-order valence-corrected chi connectivity index (χ1v) is 9.57. The van der Waals surface area contributed by atoms with Crippen LogP contribution in [-0.2, 0) is 21.3 Å². The molecule has 3 rings (SSSR count). The van der Waals surface area contributed by atoms with E-state index in [0.717, 1.165) is 38.1 Å². The maximum Gasteiger partial charge on any atom is 0.209 e. The van der Waals surface area contributed by atoms with Gasteiger partial charge < -0.3 is 9.30 Å². The molecule has 1 unspecified atom stereocenters. The third kappa shape index (κ3) is 3.04. The fourth-order valence-electron chi connectivity index (χ4n) is 3.64. The van der Waals surface area contributed by atoms with E-state index in [1.165, 1.54) is 0 Å². The van der Waals surface area contributed by atoms with Crippen LogP contribution in [0.3, 0.4) is 0 Å². The topological polar surface area (TPSA) is 86.1 Å². The molecule has 0 aromatic carbocycles. The zero-order valence-corrected chi connectivity index (χ0v) is 14.4. The Morgan fingerprint density at radius 1 is 1.41 bits per heavy atom. The van der Waals surface area contributed by atoms with Crippen LogP contribution in [0.15, 0.2) is 0 Å². The first kappa shape index (κ1) is 15.9. The second-order valence-corrected chi connectivity index (χ2v) is 9.07. The number of nitrogens with zero attached hydrogens (tertiary/aromatic N) is 3. The van der Waals surface area contributed by atoms with E-state index in [1.54, 1.807) is 6.92 Å². The number of hydrogen-bond donors (Lipinski definition) is 1. The van der Waals surface area contributed by atoms with Gasteiger partial charge in [-0.3, -0.25) is 0 Å². The van der Waals surface area contributed by atoms with E-state index in [-0.39, 0.29) is 17.4 Å². The Hall–Kier alpha value is -0.990. The molecule has 0 radical (unpaired) electrons. The Morgan fingerprint density at radius 2 is 2.14 bits per heavy atom. The zero-order chi connectivity index (χ0) is 16.1. The van der Waals surface area contributed by atoms with Crippen molar-refractivity contribution >= 4 is 10.0 Å². The number of nitrogens with one attached hydrogen (secondary N) is 1. The van der Waals surface area contributed by atoms with Crippen LogP contribution in [0.5, 0.6) is 0 Å². The summed E-state index contributed by atoms with van der Waals surface area (Å²) in [6, 6.07) is -0.397. The van der Waals surface area contributed by atoms with Crippen LogP contribution in [0.1, 0.15) is 57.2 Å². The molecule has 1 aromatic rings. The van der Waals surface area contributed by atoms with Crippen LogP contribution in [0.4, 0.5) is 0 Å². The zero-order valence-electron chi connectivity index (χ0n) is 13.5. The summed E-state index contributed by atoms with van der Waals surface area (Å²) in [4.78, 5) is 0. The maximum absolute atomic E-state index is 11.5. The molecule has 0 saturated carbocycles. The summed E-state index contributed by atoms with van der Waals surface area (Å²) in [5, 5.41) is 8.65. The highest BCUT2D eigenvalue weighted by atomic mass is 32.2. The van der Waals surface area contributed by atoms with E-state index in [1.807, 2.05) is 0 Å². The molecule has 1 aromatic heterocycles. The van der Waals surface area contributed by atoms with Crippen LogP contribution in [-0.4, -0.2) is 42.1 Å². The van der Waals surface area contributed by atoms with Crippen molar-refractivity contribution in [1.29, 1.82) is 0 Å². The van der Waals surface area contributed by atoms with Gasteiger partial charge >= 0.3 is 0 Å². The SMILES string of the molecule is CC(NS(C)(=O)=O)c1nnc2n1CC(C)(C)C[C@H]1OCC[C@@H]21. The van der Waals surface area contributed by atoms with Gasteiger partial charge in [-0.25, -0.2) is 13.1 Å². The minimum Gasteiger partial charge on any atom is -0.377 e. The fourth-order valence-corrected chi connectivity index (χ4v) is 4.39. The highest BCUT2D eigenvalue weighted by Crippen LogP contribution is 2.42. The molecule has 2 aliphatic heterocycles. The predicted molar refractivity (Wildman–Crippen MR) is 81.9 cm³/mol. The van der Waals surface area contributed by atoms with Crippen molar-refractivity contribution < 1.29 is 13.2 Å². The lowest BCUT2D eigenvalue weighted by Crippen LogP contribution is -2.29. The minimum atomic E-state index is -3.29. The van der Waals surface area contributed by atoms with Crippen molar-refractivity contribution in [2.75, 3.05) is 12.9 Å². The highest BCUT2D eigenvalue weighted by molar-refractivity contribution is 7.88. The third-order valence-corrected chi connectivity index (χ3v) is 5.25. The van der Waals surface area contributed by atoms with Gasteiger partial charge in [-0.15, -0.1) is 10.2 Å². The van der Waals surface area contributed by atoms with Gasteiger partial charge in [-0.05, 0) is 25.2 Å². The molecule has 0 bridgehead atoms. The summed E-state index contributed by atoms with van der Waals surface area (Å²) in [5.41, 5.74) is 0.0560. The summed E-state index contributed by atoms with van der Waals surface area (Å²) < 4.78 is 33.6. The van der Waals surface area contributed by atoms with Gasteiger partial charge in [0, 0.05) is 19.1 Å². The molecule has 2 aliphatic rings. The molecule has 0 spiro atoms. The van der Waals surface area contributed by atoms with Gasteiger partial charge in [0.2, 0.25) is 10.0 Å². The molecule has 124 valence electrons. The monoisotopic (exact) mass is 328 g/mol. The third-order valence-electron chi connectivity index (χ3n) is 4.47. The van der Waals surface area contributed by atoms with Gasteiger partial charge in [-0.2, -0.15) is 0 Å². The standard InChI is InChI=1S/C14H24N4O3S/c1-9(17-22(4,19)20)12-15-16-13-10-5-6-21-11(10)7-14(2,3)8-18(12)13/h9-11,17H,5-8H2,1-4H3/t9?,10-,11-/m1/s1. The van der Waals surface area contributed by atoms with Gasteiger partial charge in [0.25, 0.3) is 0 Å². The molecule has 3 atom stereocenters. The lowest BCUT2D eigenvalue weighted by Gasteiger charge is -2.26. The van der Waals surface area contributed by atoms with Gasteiger partial charge in [-0.1, -0.05) is 13.8 Å². The molecule has 0 amide bonds. The van der Waals surface area contributed by atoms with Crippen molar-refractivity contribution in [3.8, 4) is 0 Å². The van der Waals surface area contributed by atoms with E-state index < -0.39 is 16.1 Å². The van der Waals surface area contributed by atoms with Gasteiger partial charge in [0.15, 0.2) is 5.82 Å². The number of rotatable bonds is 3. The summed E-state index contributed by atoms with van der Waals surface area (Å²) in [6.07, 6.45) is 3.28. The molecule has 3 heterocycles. The second kappa shape index (κ2) is 5.28. The lowest BCUT2D eigenvalue weighted by atomic mass is 9.84. The quantitative estimate of drug-likeness (QED) is 0.901. The number of aromatic nitrogens is 3. The van der Waals surface area contributed by atoms with Crippen LogP contribution in [0.2, 0.25) is 0 Å². The van der Waals surface area contributed by atoms with E-state index in [4.69, 9.17) is 4.74 Å². The summed E-state index contributed by atoms with van der Waals surface area (Å²) in [6.45, 7) is 7.75. The summed E-state index contributed by atoms with van der Waals surface area (Å²) in [5.74, 6) is 1.87. The Labute approximate surface area is 131 Å². The van der Waals surface area contributed by atoms with Crippen molar-refractivity contribution in [3.05, 3.63) is 11.6 Å². The smallest absolute Gasteiger partial charge is 0.209 e. The Balaban J connectivity index is 2.00. The fraction of sp³-hybridized carbons (Fsp3) is 0.857. The van der Waals surface area contributed by atoms with Gasteiger partial charge in [0.05, 0.1) is 18.4 Å². The van der Waals surface area contributed by atoms with Crippen LogP contribution in [0, 0.1) is 5.41 Å². The average Bonchev–Trinajstić information content (AvgIpc) is 2.90. The van der Waals surface area contributed by atoms with E-state index in [0.29, 0.717) is 5.82 Å². The molecule has 7 nitrogen and oxygen atoms in total. The van der Waals surface area contributed by atoms with Crippen molar-refractivity contribution in [2.45, 2.75) is 58.2 Å². The molecular weight excluding hydrogens is 304 g/mol. The Bertz CT molecular complexity index is 668. The molecule has 1 fully saturated rings. The molecule has 8 heteroatoms. The number of sulfonamides is 1. The second-order valence-electron chi connectivity index (χ2n) is 7.29. The van der Waals surface area contributed by atoms with Crippen LogP contribution >= 0.6 is 0 Å². The maximum atomic E-state index is 11.5. The predicted octanol–water partition coefficient (Wildman–Crippen LogP) is 1.19. The molecule has 1 saturated heterocycles. The normalized spacial score (nSPS) is 28.7. The van der Waals surface area contributed by atoms with Gasteiger partial charge in [0.1, 0.15) is 5.82 Å². The molecule has 0 aliphatic carbocycles. The molecule has 1 N–H and O–H groups in total. The summed E-state index contributed by atoms with van der Waals surface area (Å²) >= 11 is 0. The number of fused-ring (bicyclic) bond motifs is 3. The lowest BCUT2D eigenvalue weighted by molar-refractivity contribution is 0.0656. The minimum absolute atomic E-state index is 0.0560. The highest BCUT2D eigenvalue weighted by Gasteiger charge is 2.42. The van der Waals surface area contributed by atoms with E-state index >= 15 is 0 Å². The first-order chi connectivity index (χ1) is 10.2. The van der Waals surface area contributed by atoms with E-state index in [2.05, 4.69) is 33.3 Å². The molecule has 22 heavy (non-hydrogen) atoms. The average molecular weight is 328 g/mol.